The lowest BCUT2D eigenvalue weighted by Gasteiger charge is -2.16. The second-order valence-electron chi connectivity index (χ2n) is 4.59. The maximum absolute atomic E-state index is 12.0. The third-order valence-corrected chi connectivity index (χ3v) is 3.89. The number of rotatable bonds is 6. The Morgan fingerprint density at radius 3 is 2.57 bits per heavy atom. The van der Waals surface area contributed by atoms with Crippen molar-refractivity contribution < 1.29 is 14.3 Å². The van der Waals surface area contributed by atoms with Crippen molar-refractivity contribution in [3.8, 4) is 0 Å². The lowest BCUT2D eigenvalue weighted by Crippen LogP contribution is -2.43. The lowest BCUT2D eigenvalue weighted by atomic mass is 10.1. The van der Waals surface area contributed by atoms with Crippen LogP contribution in [0.3, 0.4) is 0 Å². The molecule has 110 valence electrons. The first kappa shape index (κ1) is 15.3. The molecule has 1 amide bonds. The molecule has 1 N–H and O–H groups in total. The van der Waals surface area contributed by atoms with Crippen LogP contribution in [-0.4, -0.2) is 25.0 Å². The van der Waals surface area contributed by atoms with E-state index in [0.29, 0.717) is 6.42 Å². The fraction of sp³-hybridized carbons (Fsp3) is 0.250. The predicted molar refractivity (Wildman–Crippen MR) is 82.1 cm³/mol. The zero-order valence-electron chi connectivity index (χ0n) is 11.7. The number of ether oxygens (including phenoxy) is 1. The van der Waals surface area contributed by atoms with E-state index >= 15 is 0 Å². The number of thiophene rings is 1. The van der Waals surface area contributed by atoms with E-state index in [1.807, 2.05) is 47.8 Å². The van der Waals surface area contributed by atoms with Crippen molar-refractivity contribution in [2.45, 2.75) is 18.9 Å². The molecule has 0 aliphatic carbocycles. The molecule has 0 unspecified atom stereocenters. The second kappa shape index (κ2) is 7.59. The number of amides is 1. The molecule has 0 bridgehead atoms. The van der Waals surface area contributed by atoms with Crippen LogP contribution >= 0.6 is 11.3 Å². The van der Waals surface area contributed by atoms with E-state index in [4.69, 9.17) is 4.74 Å². The van der Waals surface area contributed by atoms with E-state index in [0.717, 1.165) is 10.4 Å². The fourth-order valence-electron chi connectivity index (χ4n) is 2.00. The van der Waals surface area contributed by atoms with Gasteiger partial charge in [0.2, 0.25) is 5.91 Å². The van der Waals surface area contributed by atoms with Crippen LogP contribution < -0.4 is 5.32 Å². The zero-order chi connectivity index (χ0) is 15.1. The molecule has 2 rings (SSSR count). The topological polar surface area (TPSA) is 55.4 Å². The Bertz CT molecular complexity index is 581. The van der Waals surface area contributed by atoms with Crippen molar-refractivity contribution in [3.63, 3.8) is 0 Å². The summed E-state index contributed by atoms with van der Waals surface area (Å²) >= 11 is 1.52. The van der Waals surface area contributed by atoms with Crippen molar-refractivity contribution in [1.29, 1.82) is 0 Å². The van der Waals surface area contributed by atoms with Gasteiger partial charge in [-0.05, 0) is 17.0 Å². The van der Waals surface area contributed by atoms with Gasteiger partial charge in [0.15, 0.2) is 0 Å². The van der Waals surface area contributed by atoms with E-state index < -0.39 is 12.0 Å². The monoisotopic (exact) mass is 303 g/mol. The van der Waals surface area contributed by atoms with Gasteiger partial charge in [-0.15, -0.1) is 11.3 Å². The summed E-state index contributed by atoms with van der Waals surface area (Å²) in [6.45, 7) is 0. The third kappa shape index (κ3) is 4.72. The zero-order valence-corrected chi connectivity index (χ0v) is 12.6. The van der Waals surface area contributed by atoms with Crippen LogP contribution in [0.2, 0.25) is 0 Å². The summed E-state index contributed by atoms with van der Waals surface area (Å²) < 4.78 is 4.77. The van der Waals surface area contributed by atoms with Crippen LogP contribution in [0.5, 0.6) is 0 Å². The van der Waals surface area contributed by atoms with Gasteiger partial charge in [0.05, 0.1) is 13.5 Å². The van der Waals surface area contributed by atoms with Crippen molar-refractivity contribution in [2.75, 3.05) is 7.11 Å². The molecule has 0 aliphatic rings. The van der Waals surface area contributed by atoms with Crippen LogP contribution in [0, 0.1) is 0 Å². The molecule has 2 aromatic rings. The maximum Gasteiger partial charge on any atom is 0.328 e. The van der Waals surface area contributed by atoms with Gasteiger partial charge in [0.25, 0.3) is 0 Å². The SMILES string of the molecule is COC(=O)[C@H](Cc1ccccc1)NC(=O)Cc1cccs1. The third-order valence-electron chi connectivity index (χ3n) is 3.02. The molecule has 0 saturated heterocycles. The molecule has 0 spiro atoms. The van der Waals surface area contributed by atoms with Gasteiger partial charge in [0.1, 0.15) is 6.04 Å². The summed E-state index contributed by atoms with van der Waals surface area (Å²) in [5.41, 5.74) is 0.976. The van der Waals surface area contributed by atoms with Crippen molar-refractivity contribution in [3.05, 3.63) is 58.3 Å². The summed E-state index contributed by atoms with van der Waals surface area (Å²) in [4.78, 5) is 24.8. The normalized spacial score (nSPS) is 11.7. The van der Waals surface area contributed by atoms with Crippen molar-refractivity contribution in [1.82, 2.24) is 5.32 Å². The number of carbonyl (C=O) groups is 2. The first-order chi connectivity index (χ1) is 10.2. The minimum Gasteiger partial charge on any atom is -0.467 e. The van der Waals surface area contributed by atoms with Gasteiger partial charge in [-0.3, -0.25) is 4.79 Å². The molecule has 21 heavy (non-hydrogen) atoms. The number of nitrogens with one attached hydrogen (secondary N) is 1. The van der Waals surface area contributed by atoms with Crippen LogP contribution in [0.25, 0.3) is 0 Å². The molecular formula is C16H17NO3S. The number of carbonyl (C=O) groups excluding carboxylic acids is 2. The van der Waals surface area contributed by atoms with Gasteiger partial charge in [-0.2, -0.15) is 0 Å². The molecule has 1 aromatic carbocycles. The van der Waals surface area contributed by atoms with E-state index in [9.17, 15) is 9.59 Å². The van der Waals surface area contributed by atoms with Crippen LogP contribution in [0.4, 0.5) is 0 Å². The summed E-state index contributed by atoms with van der Waals surface area (Å²) in [6.07, 6.45) is 0.698. The van der Waals surface area contributed by atoms with E-state index in [1.54, 1.807) is 0 Å². The van der Waals surface area contributed by atoms with E-state index in [2.05, 4.69) is 5.32 Å². The van der Waals surface area contributed by atoms with Gasteiger partial charge in [-0.25, -0.2) is 4.79 Å². The molecule has 1 atom stereocenters. The highest BCUT2D eigenvalue weighted by Gasteiger charge is 2.22. The number of esters is 1. The number of hydrogen-bond acceptors (Lipinski definition) is 4. The molecular weight excluding hydrogens is 286 g/mol. The maximum atomic E-state index is 12.0. The molecule has 0 saturated carbocycles. The molecule has 1 heterocycles. The Morgan fingerprint density at radius 1 is 1.19 bits per heavy atom. The average molecular weight is 303 g/mol. The number of hydrogen-bond donors (Lipinski definition) is 1. The van der Waals surface area contributed by atoms with Gasteiger partial charge >= 0.3 is 5.97 Å². The molecule has 0 fully saturated rings. The van der Waals surface area contributed by atoms with E-state index in [1.165, 1.54) is 18.4 Å². The van der Waals surface area contributed by atoms with Crippen LogP contribution in [0.1, 0.15) is 10.4 Å². The van der Waals surface area contributed by atoms with E-state index in [-0.39, 0.29) is 12.3 Å². The summed E-state index contributed by atoms with van der Waals surface area (Å²) in [5, 5.41) is 4.67. The molecule has 0 radical (unpaired) electrons. The van der Waals surface area contributed by atoms with Crippen molar-refractivity contribution in [2.24, 2.45) is 0 Å². The average Bonchev–Trinajstić information content (AvgIpc) is 2.99. The smallest absolute Gasteiger partial charge is 0.328 e. The van der Waals surface area contributed by atoms with Gasteiger partial charge < -0.3 is 10.1 Å². The largest absolute Gasteiger partial charge is 0.467 e. The Hall–Kier alpha value is -2.14. The minimum absolute atomic E-state index is 0.177. The Morgan fingerprint density at radius 2 is 1.95 bits per heavy atom. The predicted octanol–water partition coefficient (Wildman–Crippen LogP) is 2.19. The minimum atomic E-state index is -0.662. The summed E-state index contributed by atoms with van der Waals surface area (Å²) in [7, 11) is 1.33. The number of benzene rings is 1. The van der Waals surface area contributed by atoms with Gasteiger partial charge in [-0.1, -0.05) is 36.4 Å². The summed E-state index contributed by atoms with van der Waals surface area (Å²) in [5.74, 6) is -0.609. The fourth-order valence-corrected chi connectivity index (χ4v) is 2.71. The van der Waals surface area contributed by atoms with Crippen LogP contribution in [-0.2, 0) is 27.2 Å². The highest BCUT2D eigenvalue weighted by atomic mass is 32.1. The van der Waals surface area contributed by atoms with Crippen LogP contribution in [0.15, 0.2) is 47.8 Å². The quantitative estimate of drug-likeness (QED) is 0.832. The van der Waals surface area contributed by atoms with Gasteiger partial charge in [0, 0.05) is 11.3 Å². The number of methoxy groups -OCH3 is 1. The molecule has 5 heteroatoms. The highest BCUT2D eigenvalue weighted by Crippen LogP contribution is 2.10. The molecule has 1 aromatic heterocycles. The first-order valence-electron chi connectivity index (χ1n) is 6.62. The molecule has 4 nitrogen and oxygen atoms in total. The lowest BCUT2D eigenvalue weighted by molar-refractivity contribution is -0.145. The van der Waals surface area contributed by atoms with Crippen molar-refractivity contribution >= 4 is 23.2 Å². The Kier molecular flexibility index (Phi) is 5.51. The Labute approximate surface area is 127 Å². The summed E-state index contributed by atoms with van der Waals surface area (Å²) in [6, 6.07) is 12.7. The first-order valence-corrected chi connectivity index (χ1v) is 7.50. The molecule has 0 aliphatic heterocycles. The second-order valence-corrected chi connectivity index (χ2v) is 5.62. The highest BCUT2D eigenvalue weighted by molar-refractivity contribution is 7.10. The Balaban J connectivity index is 1.99. The standard InChI is InChI=1S/C16H17NO3S/c1-20-16(19)14(10-12-6-3-2-4-7-12)17-15(18)11-13-8-5-9-21-13/h2-9,14H,10-11H2,1H3,(H,17,18)/t14-/m0/s1.